The molecule has 10 heteroatoms. The predicted molar refractivity (Wildman–Crippen MR) is 112 cm³/mol. The van der Waals surface area contributed by atoms with E-state index < -0.39 is 39.5 Å². The summed E-state index contributed by atoms with van der Waals surface area (Å²) in [6.07, 6.45) is -1.33. The lowest BCUT2D eigenvalue weighted by atomic mass is 9.52. The quantitative estimate of drug-likeness (QED) is 0.551. The van der Waals surface area contributed by atoms with Crippen LogP contribution in [0.3, 0.4) is 0 Å². The lowest BCUT2D eigenvalue weighted by Gasteiger charge is -2.49. The van der Waals surface area contributed by atoms with Crippen molar-refractivity contribution in [2.75, 3.05) is 7.11 Å². The summed E-state index contributed by atoms with van der Waals surface area (Å²) in [5.41, 5.74) is -3.73. The molecule has 2 aliphatic rings. The zero-order chi connectivity index (χ0) is 24.0. The van der Waals surface area contributed by atoms with E-state index in [9.17, 15) is 25.9 Å². The van der Waals surface area contributed by atoms with Crippen LogP contribution in [0, 0.1) is 60.3 Å². The van der Waals surface area contributed by atoms with Gasteiger partial charge in [-0.25, -0.2) is 0 Å². The van der Waals surface area contributed by atoms with E-state index in [4.69, 9.17) is 19.6 Å². The third-order valence-electron chi connectivity index (χ3n) is 6.37. The molecule has 0 radical (unpaired) electrons. The highest BCUT2D eigenvalue weighted by molar-refractivity contribution is 5.90. The van der Waals surface area contributed by atoms with Crippen molar-refractivity contribution in [3.05, 3.63) is 69.8 Å². The fraction of sp³-hybridized carbons (Fsp3) is 0.304. The first-order valence-corrected chi connectivity index (χ1v) is 9.81. The van der Waals surface area contributed by atoms with Gasteiger partial charge in [0.05, 0.1) is 36.2 Å². The van der Waals surface area contributed by atoms with Gasteiger partial charge >= 0.3 is 0 Å². The van der Waals surface area contributed by atoms with Crippen molar-refractivity contribution in [2.45, 2.75) is 24.7 Å². The number of nitrogens with one attached hydrogen (secondary N) is 1. The van der Waals surface area contributed by atoms with E-state index >= 15 is 0 Å². The van der Waals surface area contributed by atoms with Crippen LogP contribution in [0.1, 0.15) is 30.1 Å². The Morgan fingerprint density at radius 3 is 2.27 bits per heavy atom. The maximum atomic E-state index is 11.1. The van der Waals surface area contributed by atoms with Gasteiger partial charge in [0.15, 0.2) is 5.41 Å². The van der Waals surface area contributed by atoms with Gasteiger partial charge in [-0.15, -0.1) is 0 Å². The van der Waals surface area contributed by atoms with Gasteiger partial charge < -0.3 is 14.2 Å². The fourth-order valence-electron chi connectivity index (χ4n) is 4.93. The first-order valence-electron chi connectivity index (χ1n) is 9.81. The van der Waals surface area contributed by atoms with Crippen LogP contribution in [0.5, 0.6) is 5.75 Å². The Bertz CT molecular complexity index is 1270. The molecule has 2 aromatic rings. The second-order valence-corrected chi connectivity index (χ2v) is 7.92. The van der Waals surface area contributed by atoms with Crippen molar-refractivity contribution in [1.29, 1.82) is 21.2 Å². The monoisotopic (exact) mass is 443 g/mol. The van der Waals surface area contributed by atoms with Crippen molar-refractivity contribution >= 4 is 11.6 Å². The number of fused-ring (bicyclic) bond motifs is 2. The van der Waals surface area contributed by atoms with Gasteiger partial charge in [0, 0.05) is 24.6 Å². The highest BCUT2D eigenvalue weighted by Gasteiger charge is 2.80. The van der Waals surface area contributed by atoms with Gasteiger partial charge in [-0.1, -0.05) is 18.2 Å². The number of nitro benzene ring substituents is 1. The second kappa shape index (κ2) is 7.30. The minimum Gasteiger partial charge on any atom is -0.496 e. The number of nitriles is 3. The Balaban J connectivity index is 2.01. The number of hydrogen-bond acceptors (Lipinski definition) is 9. The number of non-ortho nitro benzene ring substituents is 1. The molecular weight excluding hydrogens is 426 g/mol. The molecule has 4 rings (SSSR count). The average Bonchev–Trinajstić information content (AvgIpc) is 3.01. The summed E-state index contributed by atoms with van der Waals surface area (Å²) in [6, 6.07) is 17.9. The zero-order valence-electron chi connectivity index (χ0n) is 17.6. The lowest BCUT2D eigenvalue weighted by molar-refractivity contribution is -0.384. The van der Waals surface area contributed by atoms with Crippen LogP contribution < -0.4 is 4.74 Å². The third-order valence-corrected chi connectivity index (χ3v) is 6.37. The molecule has 0 aromatic heterocycles. The maximum absolute atomic E-state index is 11.1. The van der Waals surface area contributed by atoms with Gasteiger partial charge in [-0.05, 0) is 23.8 Å². The molecule has 2 saturated heterocycles. The number of para-hydroxylation sites is 1. The van der Waals surface area contributed by atoms with Gasteiger partial charge in [0.1, 0.15) is 11.9 Å². The van der Waals surface area contributed by atoms with E-state index in [1.807, 2.05) is 12.1 Å². The van der Waals surface area contributed by atoms with Crippen molar-refractivity contribution in [3.63, 3.8) is 0 Å². The van der Waals surface area contributed by atoms with E-state index in [2.05, 4.69) is 6.07 Å². The van der Waals surface area contributed by atoms with Gasteiger partial charge in [0.25, 0.3) is 5.69 Å². The molecule has 164 valence electrons. The Kier molecular flexibility index (Phi) is 4.82. The third kappa shape index (κ3) is 2.64. The molecule has 33 heavy (non-hydrogen) atoms. The van der Waals surface area contributed by atoms with Crippen LogP contribution in [0.15, 0.2) is 48.5 Å². The Labute approximate surface area is 188 Å². The Morgan fingerprint density at radius 2 is 1.73 bits per heavy atom. The number of methoxy groups -OCH3 is 1. The van der Waals surface area contributed by atoms with Crippen molar-refractivity contribution in [3.8, 4) is 24.0 Å². The normalized spacial score (nSPS) is 29.1. The van der Waals surface area contributed by atoms with Gasteiger partial charge in [-0.3, -0.25) is 15.5 Å². The molecule has 2 bridgehead atoms. The van der Waals surface area contributed by atoms with E-state index in [1.54, 1.807) is 24.3 Å². The molecule has 0 amide bonds. The maximum Gasteiger partial charge on any atom is 0.269 e. The molecule has 2 aliphatic heterocycles. The molecule has 0 aliphatic carbocycles. The number of hydrogen-bond donors (Lipinski definition) is 1. The second-order valence-electron chi connectivity index (χ2n) is 7.92. The van der Waals surface area contributed by atoms with Crippen LogP contribution in [0.4, 0.5) is 5.69 Å². The summed E-state index contributed by atoms with van der Waals surface area (Å²) in [4.78, 5) is 10.5. The summed E-state index contributed by atoms with van der Waals surface area (Å²) >= 11 is 0. The molecule has 2 aromatic carbocycles. The molecule has 2 heterocycles. The summed E-state index contributed by atoms with van der Waals surface area (Å²) in [7, 11) is 1.44. The van der Waals surface area contributed by atoms with Crippen LogP contribution in [0.25, 0.3) is 0 Å². The van der Waals surface area contributed by atoms with E-state index in [0.29, 0.717) is 11.3 Å². The number of rotatable bonds is 4. The lowest BCUT2D eigenvalue weighted by Crippen LogP contribution is -2.57. The first kappa shape index (κ1) is 21.8. The average molecular weight is 443 g/mol. The zero-order valence-corrected chi connectivity index (χ0v) is 17.6. The minimum atomic E-state index is -2.21. The molecule has 4 unspecified atom stereocenters. The number of nitro groups is 1. The summed E-state index contributed by atoms with van der Waals surface area (Å²) in [5.74, 6) is -2.83. The fourth-order valence-corrected chi connectivity index (χ4v) is 4.93. The topological polar surface area (TPSA) is 166 Å². The Morgan fingerprint density at radius 1 is 1.09 bits per heavy atom. The van der Waals surface area contributed by atoms with Crippen LogP contribution in [-0.4, -0.2) is 23.7 Å². The van der Waals surface area contributed by atoms with Gasteiger partial charge in [0.2, 0.25) is 17.1 Å². The SMILES string of the molecule is COc1ccccc1C1C2(C)OC(=N)C1(C#N)C(C#N)(C#N)C(c1ccc([N+](=O)[O-])cc1)O2. The smallest absolute Gasteiger partial charge is 0.269 e. The van der Waals surface area contributed by atoms with Crippen molar-refractivity contribution in [2.24, 2.45) is 10.8 Å². The van der Waals surface area contributed by atoms with Gasteiger partial charge in [-0.2, -0.15) is 15.8 Å². The molecule has 0 spiro atoms. The molecule has 0 saturated carbocycles. The van der Waals surface area contributed by atoms with Crippen molar-refractivity contribution < 1.29 is 19.1 Å². The number of nitrogens with zero attached hydrogens (tertiary/aromatic N) is 4. The summed E-state index contributed by atoms with van der Waals surface area (Å²) in [5, 5.41) is 50.8. The summed E-state index contributed by atoms with van der Waals surface area (Å²) in [6.45, 7) is 1.54. The molecule has 2 fully saturated rings. The Hall–Kier alpha value is -4.46. The standard InChI is InChI=1S/C23H17N5O5/c1-21-18(16-5-3-4-6-17(16)31-2)23(13-26,20(27)33-21)22(11-24,12-25)19(32-21)14-7-9-15(10-8-14)28(29)30/h3-10,18-19,27H,1-2H3. The van der Waals surface area contributed by atoms with Crippen LogP contribution >= 0.6 is 0 Å². The summed E-state index contributed by atoms with van der Waals surface area (Å²) < 4.78 is 17.5. The first-order chi connectivity index (χ1) is 15.7. The largest absolute Gasteiger partial charge is 0.496 e. The highest BCUT2D eigenvalue weighted by atomic mass is 16.7. The molecule has 1 N–H and O–H groups in total. The van der Waals surface area contributed by atoms with E-state index in [1.165, 1.54) is 38.3 Å². The van der Waals surface area contributed by atoms with Crippen LogP contribution in [0.2, 0.25) is 0 Å². The van der Waals surface area contributed by atoms with E-state index in [0.717, 1.165) is 0 Å². The number of ether oxygens (including phenoxy) is 3. The number of benzene rings is 2. The van der Waals surface area contributed by atoms with Crippen LogP contribution in [-0.2, 0) is 9.47 Å². The molecule has 4 atom stereocenters. The van der Waals surface area contributed by atoms with E-state index in [-0.39, 0.29) is 11.3 Å². The molecular formula is C23H17N5O5. The van der Waals surface area contributed by atoms with Crippen molar-refractivity contribution in [1.82, 2.24) is 0 Å². The minimum absolute atomic E-state index is 0.186. The highest BCUT2D eigenvalue weighted by Crippen LogP contribution is 2.70. The predicted octanol–water partition coefficient (Wildman–Crippen LogP) is 3.73. The molecule has 10 nitrogen and oxygen atoms in total.